The average molecular weight is 244 g/mol. The summed E-state index contributed by atoms with van der Waals surface area (Å²) >= 11 is 3.43. The first-order chi connectivity index (χ1) is 6.15. The Morgan fingerprint density at radius 2 is 2.08 bits per heavy atom. The first-order valence-electron chi connectivity index (χ1n) is 4.10. The van der Waals surface area contributed by atoms with Gasteiger partial charge in [-0.25, -0.2) is 0 Å². The summed E-state index contributed by atoms with van der Waals surface area (Å²) in [6.45, 7) is 0. The van der Waals surface area contributed by atoms with Gasteiger partial charge in [-0.15, -0.1) is 0 Å². The molecule has 3 heteroatoms. The highest BCUT2D eigenvalue weighted by Gasteiger charge is 2.11. The highest BCUT2D eigenvalue weighted by Crippen LogP contribution is 2.21. The van der Waals surface area contributed by atoms with E-state index in [0.29, 0.717) is 0 Å². The van der Waals surface area contributed by atoms with E-state index in [-0.39, 0.29) is 6.23 Å². The van der Waals surface area contributed by atoms with E-state index in [0.717, 1.165) is 10.0 Å². The second-order valence-electron chi connectivity index (χ2n) is 3.11. The molecule has 1 unspecified atom stereocenters. The minimum absolute atomic E-state index is 0.0255. The molecule has 0 radical (unpaired) electrons. The van der Waals surface area contributed by atoms with E-state index in [4.69, 9.17) is 4.74 Å². The lowest BCUT2D eigenvalue weighted by Gasteiger charge is -2.22. The molecule has 1 aromatic rings. The Morgan fingerprint density at radius 1 is 1.38 bits per heavy atom. The molecular formula is C10H14BrNO. The highest BCUT2D eigenvalue weighted by atomic mass is 79.9. The van der Waals surface area contributed by atoms with Crippen molar-refractivity contribution in [3.63, 3.8) is 0 Å². The van der Waals surface area contributed by atoms with Crippen LogP contribution in [0.1, 0.15) is 11.8 Å². The molecule has 0 aliphatic rings. The Hall–Kier alpha value is -0.380. The fourth-order valence-electron chi connectivity index (χ4n) is 1.31. The summed E-state index contributed by atoms with van der Waals surface area (Å²) < 4.78 is 6.44. The summed E-state index contributed by atoms with van der Waals surface area (Å²) in [5, 5.41) is 0. The van der Waals surface area contributed by atoms with Crippen molar-refractivity contribution in [3.05, 3.63) is 34.3 Å². The minimum Gasteiger partial charge on any atom is -0.362 e. The molecule has 0 amide bonds. The number of hydrogen-bond acceptors (Lipinski definition) is 2. The molecule has 0 heterocycles. The van der Waals surface area contributed by atoms with Crippen LogP contribution in [0, 0.1) is 0 Å². The van der Waals surface area contributed by atoms with Crippen LogP contribution >= 0.6 is 15.9 Å². The zero-order chi connectivity index (χ0) is 9.84. The predicted octanol–water partition coefficient (Wildman–Crippen LogP) is 2.66. The van der Waals surface area contributed by atoms with Crippen LogP contribution in [0.15, 0.2) is 28.7 Å². The van der Waals surface area contributed by atoms with Gasteiger partial charge in [-0.3, -0.25) is 4.90 Å². The van der Waals surface area contributed by atoms with Crippen LogP contribution in [0.25, 0.3) is 0 Å². The topological polar surface area (TPSA) is 12.5 Å². The first-order valence-corrected chi connectivity index (χ1v) is 4.89. The molecule has 13 heavy (non-hydrogen) atoms. The van der Waals surface area contributed by atoms with Crippen molar-refractivity contribution in [3.8, 4) is 0 Å². The van der Waals surface area contributed by atoms with Gasteiger partial charge in [0.1, 0.15) is 6.23 Å². The monoisotopic (exact) mass is 243 g/mol. The van der Waals surface area contributed by atoms with E-state index in [9.17, 15) is 0 Å². The van der Waals surface area contributed by atoms with Crippen molar-refractivity contribution in [2.24, 2.45) is 0 Å². The number of halogens is 1. The number of hydrogen-bond donors (Lipinski definition) is 0. The third-order valence-corrected chi connectivity index (χ3v) is 2.32. The molecule has 0 aliphatic carbocycles. The zero-order valence-corrected chi connectivity index (χ0v) is 9.71. The van der Waals surface area contributed by atoms with E-state index in [2.05, 4.69) is 28.1 Å². The predicted molar refractivity (Wildman–Crippen MR) is 57.6 cm³/mol. The Balaban J connectivity index is 2.91. The molecule has 1 rings (SSSR count). The van der Waals surface area contributed by atoms with Crippen molar-refractivity contribution in [1.82, 2.24) is 4.90 Å². The van der Waals surface area contributed by atoms with Crippen molar-refractivity contribution >= 4 is 15.9 Å². The highest BCUT2D eigenvalue weighted by molar-refractivity contribution is 9.10. The van der Waals surface area contributed by atoms with Crippen molar-refractivity contribution in [2.75, 3.05) is 21.2 Å². The van der Waals surface area contributed by atoms with Crippen LogP contribution in [0.4, 0.5) is 0 Å². The van der Waals surface area contributed by atoms with Crippen LogP contribution in [-0.2, 0) is 4.74 Å². The Labute approximate surface area is 87.6 Å². The van der Waals surface area contributed by atoms with Gasteiger partial charge in [0, 0.05) is 11.6 Å². The van der Waals surface area contributed by atoms with Crippen LogP contribution in [0.5, 0.6) is 0 Å². The second-order valence-corrected chi connectivity index (χ2v) is 4.02. The van der Waals surface area contributed by atoms with Gasteiger partial charge in [0.25, 0.3) is 0 Å². The summed E-state index contributed by atoms with van der Waals surface area (Å²) in [5.74, 6) is 0. The molecule has 0 spiro atoms. The number of benzene rings is 1. The van der Waals surface area contributed by atoms with E-state index in [1.54, 1.807) is 7.11 Å². The molecule has 0 aromatic heterocycles. The molecule has 72 valence electrons. The maximum absolute atomic E-state index is 5.36. The molecule has 0 N–H and O–H groups in total. The number of rotatable bonds is 3. The minimum atomic E-state index is 0.0255. The standard InChI is InChI=1S/C10H14BrNO/c1-12(2)10(13-3)8-5-4-6-9(11)7-8/h4-7,10H,1-3H3. The molecule has 0 saturated carbocycles. The fraction of sp³-hybridized carbons (Fsp3) is 0.400. The van der Waals surface area contributed by atoms with E-state index in [1.165, 1.54) is 0 Å². The quantitative estimate of drug-likeness (QED) is 0.758. The fourth-order valence-corrected chi connectivity index (χ4v) is 1.72. The van der Waals surface area contributed by atoms with E-state index in [1.807, 2.05) is 31.1 Å². The summed E-state index contributed by atoms with van der Waals surface area (Å²) in [5.41, 5.74) is 1.15. The average Bonchev–Trinajstić information content (AvgIpc) is 2.04. The molecular weight excluding hydrogens is 230 g/mol. The summed E-state index contributed by atoms with van der Waals surface area (Å²) in [4.78, 5) is 2.03. The third-order valence-electron chi connectivity index (χ3n) is 1.83. The lowest BCUT2D eigenvalue weighted by atomic mass is 10.2. The van der Waals surface area contributed by atoms with Gasteiger partial charge in [0.2, 0.25) is 0 Å². The molecule has 0 bridgehead atoms. The van der Waals surface area contributed by atoms with Crippen LogP contribution in [0.3, 0.4) is 0 Å². The van der Waals surface area contributed by atoms with Crippen molar-refractivity contribution in [2.45, 2.75) is 6.23 Å². The van der Waals surface area contributed by atoms with Crippen LogP contribution in [0.2, 0.25) is 0 Å². The lowest BCUT2D eigenvalue weighted by Crippen LogP contribution is -2.21. The maximum atomic E-state index is 5.36. The van der Waals surface area contributed by atoms with Gasteiger partial charge < -0.3 is 4.74 Å². The molecule has 2 nitrogen and oxygen atoms in total. The first kappa shape index (κ1) is 10.7. The van der Waals surface area contributed by atoms with Crippen LogP contribution < -0.4 is 0 Å². The SMILES string of the molecule is COC(c1cccc(Br)c1)N(C)C. The van der Waals surface area contributed by atoms with E-state index >= 15 is 0 Å². The number of nitrogens with zero attached hydrogens (tertiary/aromatic N) is 1. The van der Waals surface area contributed by atoms with Gasteiger partial charge in [-0.2, -0.15) is 0 Å². The molecule has 0 fully saturated rings. The van der Waals surface area contributed by atoms with Gasteiger partial charge in [0.15, 0.2) is 0 Å². The largest absolute Gasteiger partial charge is 0.362 e. The van der Waals surface area contributed by atoms with E-state index < -0.39 is 0 Å². The summed E-state index contributed by atoms with van der Waals surface area (Å²) in [6.07, 6.45) is 0.0255. The van der Waals surface area contributed by atoms with Gasteiger partial charge in [0.05, 0.1) is 0 Å². The Bertz CT molecular complexity index is 275. The molecule has 1 atom stereocenters. The van der Waals surface area contributed by atoms with Gasteiger partial charge in [-0.05, 0) is 31.8 Å². The molecule has 0 saturated heterocycles. The second kappa shape index (κ2) is 4.74. The van der Waals surface area contributed by atoms with Crippen molar-refractivity contribution in [1.29, 1.82) is 0 Å². The number of ether oxygens (including phenoxy) is 1. The summed E-state index contributed by atoms with van der Waals surface area (Å²) in [6, 6.07) is 8.13. The zero-order valence-electron chi connectivity index (χ0n) is 8.12. The molecule has 1 aromatic carbocycles. The Kier molecular flexibility index (Phi) is 3.90. The third kappa shape index (κ3) is 2.79. The van der Waals surface area contributed by atoms with Gasteiger partial charge in [-0.1, -0.05) is 28.1 Å². The maximum Gasteiger partial charge on any atom is 0.135 e. The van der Waals surface area contributed by atoms with Gasteiger partial charge >= 0.3 is 0 Å². The molecule has 0 aliphatic heterocycles. The smallest absolute Gasteiger partial charge is 0.135 e. The lowest BCUT2D eigenvalue weighted by molar-refractivity contribution is -0.00544. The normalized spacial score (nSPS) is 13.3. The summed E-state index contributed by atoms with van der Waals surface area (Å²) in [7, 11) is 5.70. The van der Waals surface area contributed by atoms with Crippen molar-refractivity contribution < 1.29 is 4.74 Å². The van der Waals surface area contributed by atoms with Crippen LogP contribution in [-0.4, -0.2) is 26.1 Å². The Morgan fingerprint density at radius 3 is 2.54 bits per heavy atom. The number of methoxy groups -OCH3 is 1.